The minimum absolute atomic E-state index is 0.636. The summed E-state index contributed by atoms with van der Waals surface area (Å²) < 4.78 is 28.0. The summed E-state index contributed by atoms with van der Waals surface area (Å²) in [6.07, 6.45) is -4.30. The zero-order valence-corrected chi connectivity index (χ0v) is 4.80. The van der Waals surface area contributed by atoms with Crippen LogP contribution in [-0.4, -0.2) is 24.4 Å². The first-order valence-electron chi connectivity index (χ1n) is 2.58. The molecule has 0 radical (unpaired) electrons. The second kappa shape index (κ2) is 1.93. The first-order chi connectivity index (χ1) is 4.13. The lowest BCUT2D eigenvalue weighted by molar-refractivity contribution is -0.143. The quantitative estimate of drug-likeness (QED) is 0.493. The lowest BCUT2D eigenvalue weighted by atomic mass is 10.7. The second-order valence-corrected chi connectivity index (χ2v) is 1.96. The maximum Gasteiger partial charge on any atom is 0.303 e. The predicted octanol–water partition coefficient (Wildman–Crippen LogP) is 0.608. The molecular weight excluding hydrogens is 130 g/mol. The predicted molar refractivity (Wildman–Crippen MR) is 25.3 cm³/mol. The number of hydrogen-bond acceptors (Lipinski definition) is 2. The smallest absolute Gasteiger partial charge is 0.303 e. The number of carbonyl (C=O) groups excluding carboxylic acids is 1. The van der Waals surface area contributed by atoms with Gasteiger partial charge in [-0.3, -0.25) is 4.79 Å². The molecule has 0 saturated heterocycles. The summed E-state index contributed by atoms with van der Waals surface area (Å²) in [4.78, 5) is 10.0. The fourth-order valence-corrected chi connectivity index (χ4v) is 0.538. The number of carbonyl (C=O) groups is 1. The molecule has 2 atom stereocenters. The highest BCUT2D eigenvalue weighted by Crippen LogP contribution is 2.33. The summed E-state index contributed by atoms with van der Waals surface area (Å²) in [5.74, 6) is -0.636. The van der Waals surface area contributed by atoms with Crippen LogP contribution in [0, 0.1) is 0 Å². The van der Waals surface area contributed by atoms with Gasteiger partial charge in [0.15, 0.2) is 18.4 Å². The Kier molecular flexibility index (Phi) is 1.38. The van der Waals surface area contributed by atoms with Gasteiger partial charge in [-0.25, -0.2) is 8.78 Å². The molecule has 1 rings (SSSR count). The largest absolute Gasteiger partial charge is 0.456 e. The standard InChI is InChI=1S/C5H6F2O2/c1-2(8)9-5-3(6)4(5)7/h3-5H,1H3. The summed E-state index contributed by atoms with van der Waals surface area (Å²) >= 11 is 0. The molecule has 0 bridgehead atoms. The van der Waals surface area contributed by atoms with Crippen LogP contribution in [0.1, 0.15) is 6.92 Å². The van der Waals surface area contributed by atoms with Crippen LogP contribution in [0.4, 0.5) is 8.78 Å². The minimum Gasteiger partial charge on any atom is -0.456 e. The van der Waals surface area contributed by atoms with Crippen LogP contribution in [-0.2, 0) is 9.53 Å². The number of halogens is 2. The van der Waals surface area contributed by atoms with Gasteiger partial charge in [0.05, 0.1) is 0 Å². The van der Waals surface area contributed by atoms with Gasteiger partial charge in [-0.15, -0.1) is 0 Å². The molecule has 0 aromatic carbocycles. The molecular formula is C5H6F2O2. The van der Waals surface area contributed by atoms with E-state index in [2.05, 4.69) is 4.74 Å². The Morgan fingerprint density at radius 2 is 1.89 bits per heavy atom. The maximum absolute atomic E-state index is 11.9. The number of rotatable bonds is 1. The van der Waals surface area contributed by atoms with Crippen molar-refractivity contribution in [3.8, 4) is 0 Å². The highest BCUT2D eigenvalue weighted by Gasteiger charge is 2.55. The first-order valence-corrected chi connectivity index (χ1v) is 2.58. The van der Waals surface area contributed by atoms with E-state index in [9.17, 15) is 13.6 Å². The van der Waals surface area contributed by atoms with E-state index in [1.54, 1.807) is 0 Å². The van der Waals surface area contributed by atoms with Crippen molar-refractivity contribution in [2.45, 2.75) is 25.4 Å². The second-order valence-electron chi connectivity index (χ2n) is 1.96. The SMILES string of the molecule is CC(=O)OC1C(F)C1F. The van der Waals surface area contributed by atoms with Crippen LogP contribution in [0.25, 0.3) is 0 Å². The monoisotopic (exact) mass is 136 g/mol. The normalized spacial score (nSPS) is 40.1. The van der Waals surface area contributed by atoms with Crippen LogP contribution in [0.3, 0.4) is 0 Å². The third-order valence-electron chi connectivity index (χ3n) is 1.09. The van der Waals surface area contributed by atoms with E-state index in [4.69, 9.17) is 0 Å². The molecule has 0 aromatic heterocycles. The van der Waals surface area contributed by atoms with Gasteiger partial charge in [-0.2, -0.15) is 0 Å². The zero-order valence-electron chi connectivity index (χ0n) is 4.80. The zero-order chi connectivity index (χ0) is 7.02. The van der Waals surface area contributed by atoms with Crippen molar-refractivity contribution < 1.29 is 18.3 Å². The summed E-state index contributed by atoms with van der Waals surface area (Å²) in [7, 11) is 0. The van der Waals surface area contributed by atoms with Crippen molar-refractivity contribution in [1.82, 2.24) is 0 Å². The van der Waals surface area contributed by atoms with Crippen molar-refractivity contribution in [2.75, 3.05) is 0 Å². The molecule has 9 heavy (non-hydrogen) atoms. The topological polar surface area (TPSA) is 26.3 Å². The van der Waals surface area contributed by atoms with E-state index in [0.29, 0.717) is 0 Å². The van der Waals surface area contributed by atoms with E-state index < -0.39 is 24.4 Å². The highest BCUT2D eigenvalue weighted by atomic mass is 19.2. The van der Waals surface area contributed by atoms with Gasteiger partial charge in [-0.05, 0) is 0 Å². The van der Waals surface area contributed by atoms with Gasteiger partial charge >= 0.3 is 5.97 Å². The first kappa shape index (κ1) is 6.45. The molecule has 0 spiro atoms. The molecule has 2 nitrogen and oxygen atoms in total. The Bertz CT molecular complexity index is 129. The highest BCUT2D eigenvalue weighted by molar-refractivity contribution is 5.66. The lowest BCUT2D eigenvalue weighted by Gasteiger charge is -1.93. The van der Waals surface area contributed by atoms with Crippen LogP contribution in [0.2, 0.25) is 0 Å². The number of esters is 1. The molecule has 1 fully saturated rings. The fraction of sp³-hybridized carbons (Fsp3) is 0.800. The fourth-order valence-electron chi connectivity index (χ4n) is 0.538. The van der Waals surface area contributed by atoms with Gasteiger partial charge < -0.3 is 4.74 Å². The van der Waals surface area contributed by atoms with Gasteiger partial charge in [0.25, 0.3) is 0 Å². The Balaban J connectivity index is 2.25. The van der Waals surface area contributed by atoms with Crippen LogP contribution in [0.15, 0.2) is 0 Å². The molecule has 2 unspecified atom stereocenters. The van der Waals surface area contributed by atoms with E-state index >= 15 is 0 Å². The molecule has 0 heterocycles. The van der Waals surface area contributed by atoms with Crippen molar-refractivity contribution >= 4 is 5.97 Å². The van der Waals surface area contributed by atoms with Gasteiger partial charge in [0.2, 0.25) is 0 Å². The molecule has 0 amide bonds. The summed E-state index contributed by atoms with van der Waals surface area (Å²) in [5, 5.41) is 0. The minimum atomic E-state index is -1.59. The van der Waals surface area contributed by atoms with Gasteiger partial charge in [0.1, 0.15) is 0 Å². The van der Waals surface area contributed by atoms with Crippen LogP contribution >= 0.6 is 0 Å². The van der Waals surface area contributed by atoms with Crippen molar-refractivity contribution in [2.24, 2.45) is 0 Å². The average molecular weight is 136 g/mol. The number of alkyl halides is 2. The van der Waals surface area contributed by atoms with E-state index in [1.165, 1.54) is 0 Å². The summed E-state index contributed by atoms with van der Waals surface area (Å²) in [6, 6.07) is 0. The number of hydrogen-bond donors (Lipinski definition) is 0. The molecule has 52 valence electrons. The molecule has 0 N–H and O–H groups in total. The van der Waals surface area contributed by atoms with Gasteiger partial charge in [0, 0.05) is 6.92 Å². The molecule has 0 aliphatic heterocycles. The Labute approximate surface area is 50.8 Å². The Morgan fingerprint density at radius 1 is 1.44 bits per heavy atom. The molecule has 0 aromatic rings. The third-order valence-corrected chi connectivity index (χ3v) is 1.09. The molecule has 1 aliphatic carbocycles. The maximum atomic E-state index is 11.9. The van der Waals surface area contributed by atoms with Crippen LogP contribution < -0.4 is 0 Å². The van der Waals surface area contributed by atoms with Gasteiger partial charge in [-0.1, -0.05) is 0 Å². The van der Waals surface area contributed by atoms with E-state index in [0.717, 1.165) is 6.92 Å². The van der Waals surface area contributed by atoms with Crippen LogP contribution in [0.5, 0.6) is 0 Å². The summed E-state index contributed by atoms with van der Waals surface area (Å²) in [6.45, 7) is 1.12. The number of ether oxygens (including phenoxy) is 1. The van der Waals surface area contributed by atoms with Crippen molar-refractivity contribution in [3.63, 3.8) is 0 Å². The van der Waals surface area contributed by atoms with E-state index in [1.807, 2.05) is 0 Å². The lowest BCUT2D eigenvalue weighted by Crippen LogP contribution is -2.03. The molecule has 1 saturated carbocycles. The average Bonchev–Trinajstić information content (AvgIpc) is 2.22. The Hall–Kier alpha value is -0.670. The molecule has 4 heteroatoms. The van der Waals surface area contributed by atoms with Crippen molar-refractivity contribution in [1.29, 1.82) is 0 Å². The summed E-state index contributed by atoms with van der Waals surface area (Å²) in [5.41, 5.74) is 0. The Morgan fingerprint density at radius 3 is 2.00 bits per heavy atom. The molecule has 1 aliphatic rings. The third kappa shape index (κ3) is 1.17. The van der Waals surface area contributed by atoms with E-state index in [-0.39, 0.29) is 0 Å². The van der Waals surface area contributed by atoms with Crippen molar-refractivity contribution in [3.05, 3.63) is 0 Å².